The highest BCUT2D eigenvalue weighted by atomic mass is 32.1. The number of thiazole rings is 1. The Kier molecular flexibility index (Phi) is 3.12. The summed E-state index contributed by atoms with van der Waals surface area (Å²) in [7, 11) is 1.96. The number of fused-ring (bicyclic) bond motifs is 1. The standard InChI is InChI=1S/C12H17N3S/c1-8(6-13-4)5-11-10(3)14-12-15(11)7-9(2)16-12/h5,7,13H,6H2,1-4H3. The fraction of sp³-hybridized carbons (Fsp3) is 0.417. The van der Waals surface area contributed by atoms with Crippen LogP contribution in [0, 0.1) is 13.8 Å². The van der Waals surface area contributed by atoms with Crippen LogP contribution in [-0.2, 0) is 0 Å². The minimum Gasteiger partial charge on any atom is -0.316 e. The molecule has 2 heterocycles. The third-order valence-corrected chi connectivity index (χ3v) is 3.40. The molecule has 0 fully saturated rings. The number of aryl methyl sites for hydroxylation is 2. The van der Waals surface area contributed by atoms with E-state index in [0.717, 1.165) is 17.2 Å². The van der Waals surface area contributed by atoms with Gasteiger partial charge in [-0.2, -0.15) is 0 Å². The van der Waals surface area contributed by atoms with Crippen LogP contribution in [0.2, 0.25) is 0 Å². The van der Waals surface area contributed by atoms with Crippen molar-refractivity contribution < 1.29 is 0 Å². The molecule has 86 valence electrons. The van der Waals surface area contributed by atoms with Crippen molar-refractivity contribution in [2.75, 3.05) is 13.6 Å². The Hall–Kier alpha value is -1.13. The summed E-state index contributed by atoms with van der Waals surface area (Å²) >= 11 is 1.73. The van der Waals surface area contributed by atoms with Crippen molar-refractivity contribution in [3.63, 3.8) is 0 Å². The van der Waals surface area contributed by atoms with E-state index in [1.54, 1.807) is 11.3 Å². The van der Waals surface area contributed by atoms with E-state index in [2.05, 4.69) is 47.7 Å². The van der Waals surface area contributed by atoms with Crippen LogP contribution in [0.1, 0.15) is 23.2 Å². The van der Waals surface area contributed by atoms with Gasteiger partial charge in [0.25, 0.3) is 0 Å². The minimum atomic E-state index is 0.912. The van der Waals surface area contributed by atoms with E-state index in [4.69, 9.17) is 0 Å². The number of hydrogen-bond acceptors (Lipinski definition) is 3. The number of nitrogens with zero attached hydrogens (tertiary/aromatic N) is 2. The van der Waals surface area contributed by atoms with Crippen molar-refractivity contribution in [3.8, 4) is 0 Å². The van der Waals surface area contributed by atoms with Crippen LogP contribution < -0.4 is 5.32 Å². The first-order chi connectivity index (χ1) is 7.61. The number of nitrogens with one attached hydrogen (secondary N) is 1. The average Bonchev–Trinajstić information content (AvgIpc) is 2.66. The fourth-order valence-corrected chi connectivity index (χ4v) is 2.70. The summed E-state index contributed by atoms with van der Waals surface area (Å²) < 4.78 is 2.18. The van der Waals surface area contributed by atoms with E-state index < -0.39 is 0 Å². The maximum Gasteiger partial charge on any atom is 0.194 e. The first-order valence-electron chi connectivity index (χ1n) is 5.38. The molecule has 0 saturated carbocycles. The molecule has 0 bridgehead atoms. The predicted octanol–water partition coefficient (Wildman–Crippen LogP) is 2.64. The summed E-state index contributed by atoms with van der Waals surface area (Å²) in [5.74, 6) is 0. The van der Waals surface area contributed by atoms with Gasteiger partial charge in [-0.15, -0.1) is 11.3 Å². The highest BCUT2D eigenvalue weighted by Gasteiger charge is 2.08. The molecule has 0 aliphatic heterocycles. The van der Waals surface area contributed by atoms with Crippen LogP contribution in [0.3, 0.4) is 0 Å². The minimum absolute atomic E-state index is 0.912. The van der Waals surface area contributed by atoms with Gasteiger partial charge in [-0.25, -0.2) is 4.98 Å². The van der Waals surface area contributed by atoms with Crippen molar-refractivity contribution in [2.45, 2.75) is 20.8 Å². The fourth-order valence-electron chi connectivity index (χ4n) is 1.82. The molecule has 2 rings (SSSR count). The second-order valence-corrected chi connectivity index (χ2v) is 5.31. The molecule has 0 spiro atoms. The maximum absolute atomic E-state index is 4.56. The normalized spacial score (nSPS) is 12.6. The summed E-state index contributed by atoms with van der Waals surface area (Å²) in [5.41, 5.74) is 3.62. The second-order valence-electron chi connectivity index (χ2n) is 4.10. The average molecular weight is 235 g/mol. The molecule has 0 aromatic carbocycles. The zero-order valence-corrected chi connectivity index (χ0v) is 11.0. The molecule has 1 N–H and O–H groups in total. The van der Waals surface area contributed by atoms with E-state index in [-0.39, 0.29) is 0 Å². The number of rotatable bonds is 3. The van der Waals surface area contributed by atoms with Crippen LogP contribution >= 0.6 is 11.3 Å². The largest absolute Gasteiger partial charge is 0.316 e. The molecular weight excluding hydrogens is 218 g/mol. The Bertz CT molecular complexity index is 534. The third-order valence-electron chi connectivity index (χ3n) is 2.50. The van der Waals surface area contributed by atoms with E-state index >= 15 is 0 Å². The summed E-state index contributed by atoms with van der Waals surface area (Å²) in [4.78, 5) is 6.94. The Morgan fingerprint density at radius 2 is 2.31 bits per heavy atom. The molecule has 0 aliphatic carbocycles. The zero-order valence-electron chi connectivity index (χ0n) is 10.2. The van der Waals surface area contributed by atoms with Gasteiger partial charge >= 0.3 is 0 Å². The summed E-state index contributed by atoms with van der Waals surface area (Å²) in [6.45, 7) is 7.22. The molecule has 4 heteroatoms. The number of hydrogen-bond donors (Lipinski definition) is 1. The van der Waals surface area contributed by atoms with Crippen LogP contribution in [-0.4, -0.2) is 23.0 Å². The van der Waals surface area contributed by atoms with Gasteiger partial charge in [-0.05, 0) is 33.9 Å². The Morgan fingerprint density at radius 1 is 1.56 bits per heavy atom. The van der Waals surface area contributed by atoms with Crippen molar-refractivity contribution in [1.82, 2.24) is 14.7 Å². The molecule has 2 aromatic rings. The molecule has 0 amide bonds. The smallest absolute Gasteiger partial charge is 0.194 e. The van der Waals surface area contributed by atoms with Gasteiger partial charge in [0.05, 0.1) is 11.4 Å². The number of imidazole rings is 1. The Balaban J connectivity index is 2.49. The molecule has 0 unspecified atom stereocenters. The lowest BCUT2D eigenvalue weighted by Gasteiger charge is -2.00. The maximum atomic E-state index is 4.56. The van der Waals surface area contributed by atoms with Crippen LogP contribution in [0.5, 0.6) is 0 Å². The molecule has 0 radical (unpaired) electrons. The molecule has 0 aliphatic rings. The lowest BCUT2D eigenvalue weighted by molar-refractivity contribution is 0.884. The zero-order chi connectivity index (χ0) is 11.7. The molecular formula is C12H17N3S. The molecule has 0 atom stereocenters. The number of aromatic nitrogens is 2. The van der Waals surface area contributed by atoms with E-state index in [1.165, 1.54) is 16.1 Å². The second kappa shape index (κ2) is 4.39. The molecule has 3 nitrogen and oxygen atoms in total. The SMILES string of the molecule is CNCC(C)=Cc1c(C)nc2sc(C)cn12. The van der Waals surface area contributed by atoms with Gasteiger partial charge in [0, 0.05) is 17.6 Å². The van der Waals surface area contributed by atoms with Crippen LogP contribution in [0.25, 0.3) is 11.0 Å². The van der Waals surface area contributed by atoms with E-state index in [9.17, 15) is 0 Å². The van der Waals surface area contributed by atoms with Crippen molar-refractivity contribution >= 4 is 22.4 Å². The summed E-state index contributed by atoms with van der Waals surface area (Å²) in [6.07, 6.45) is 4.36. The summed E-state index contributed by atoms with van der Waals surface area (Å²) in [6, 6.07) is 0. The van der Waals surface area contributed by atoms with E-state index in [1.807, 2.05) is 7.05 Å². The quantitative estimate of drug-likeness (QED) is 0.886. The first-order valence-corrected chi connectivity index (χ1v) is 6.20. The van der Waals surface area contributed by atoms with Crippen molar-refractivity contribution in [3.05, 3.63) is 28.0 Å². The van der Waals surface area contributed by atoms with Crippen molar-refractivity contribution in [2.24, 2.45) is 0 Å². The lowest BCUT2D eigenvalue weighted by Crippen LogP contribution is -2.08. The molecule has 2 aromatic heterocycles. The lowest BCUT2D eigenvalue weighted by atomic mass is 10.2. The van der Waals surface area contributed by atoms with Gasteiger partial charge in [0.15, 0.2) is 4.96 Å². The highest BCUT2D eigenvalue weighted by molar-refractivity contribution is 7.17. The van der Waals surface area contributed by atoms with Gasteiger partial charge in [0.1, 0.15) is 0 Å². The van der Waals surface area contributed by atoms with Crippen LogP contribution in [0.4, 0.5) is 0 Å². The Morgan fingerprint density at radius 3 is 3.00 bits per heavy atom. The number of likely N-dealkylation sites (N-methyl/N-ethyl adjacent to an activating group) is 1. The van der Waals surface area contributed by atoms with Crippen LogP contribution in [0.15, 0.2) is 11.8 Å². The third kappa shape index (κ3) is 2.03. The highest BCUT2D eigenvalue weighted by Crippen LogP contribution is 2.22. The first kappa shape index (κ1) is 11.4. The van der Waals surface area contributed by atoms with Gasteiger partial charge < -0.3 is 5.32 Å². The summed E-state index contributed by atoms with van der Waals surface area (Å²) in [5, 5.41) is 3.16. The Labute approximate surface area is 99.8 Å². The van der Waals surface area contributed by atoms with Gasteiger partial charge in [-0.3, -0.25) is 4.40 Å². The predicted molar refractivity (Wildman–Crippen MR) is 70.1 cm³/mol. The molecule has 0 saturated heterocycles. The topological polar surface area (TPSA) is 29.3 Å². The monoisotopic (exact) mass is 235 g/mol. The molecule has 16 heavy (non-hydrogen) atoms. The van der Waals surface area contributed by atoms with Gasteiger partial charge in [0.2, 0.25) is 0 Å². The van der Waals surface area contributed by atoms with Crippen molar-refractivity contribution in [1.29, 1.82) is 0 Å². The van der Waals surface area contributed by atoms with E-state index in [0.29, 0.717) is 0 Å². The van der Waals surface area contributed by atoms with Gasteiger partial charge in [-0.1, -0.05) is 5.57 Å².